The Kier molecular flexibility index (Phi) is 8.60. The SMILES string of the molecule is COc1ccc(OCCNC(=O)CCCN(c2ccccc2Cl)S(C)(=O)=O)cc1. The summed E-state index contributed by atoms with van der Waals surface area (Å²) in [5, 5.41) is 3.10. The molecule has 0 aliphatic rings. The van der Waals surface area contributed by atoms with Gasteiger partial charge in [0.05, 0.1) is 30.6 Å². The van der Waals surface area contributed by atoms with Gasteiger partial charge in [-0.25, -0.2) is 8.42 Å². The lowest BCUT2D eigenvalue weighted by Crippen LogP contribution is -2.33. The molecule has 0 aromatic heterocycles. The zero-order chi connectivity index (χ0) is 21.3. The number of sulfonamides is 1. The van der Waals surface area contributed by atoms with E-state index in [1.54, 1.807) is 55.6 Å². The number of hydrogen-bond donors (Lipinski definition) is 1. The fourth-order valence-corrected chi connectivity index (χ4v) is 3.89. The number of rotatable bonds is 11. The molecule has 0 bridgehead atoms. The van der Waals surface area contributed by atoms with Gasteiger partial charge >= 0.3 is 0 Å². The van der Waals surface area contributed by atoms with Crippen LogP contribution >= 0.6 is 11.6 Å². The molecule has 0 unspecified atom stereocenters. The Balaban J connectivity index is 1.74. The number of para-hydroxylation sites is 1. The standard InChI is InChI=1S/C20H25ClN2O5S/c1-27-16-9-11-17(12-10-16)28-15-13-22-20(24)8-5-14-23(29(2,25)26)19-7-4-3-6-18(19)21/h3-4,6-7,9-12H,5,8,13-15H2,1-2H3,(H,22,24). The molecule has 2 aromatic rings. The van der Waals surface area contributed by atoms with Crippen molar-refractivity contribution in [2.75, 3.05) is 37.4 Å². The normalized spacial score (nSPS) is 11.0. The van der Waals surface area contributed by atoms with Gasteiger partial charge in [-0.1, -0.05) is 23.7 Å². The molecule has 158 valence electrons. The predicted molar refractivity (Wildman–Crippen MR) is 114 cm³/mol. The number of benzene rings is 2. The molecule has 0 radical (unpaired) electrons. The second-order valence-electron chi connectivity index (χ2n) is 6.26. The number of halogens is 1. The van der Waals surface area contributed by atoms with E-state index in [1.165, 1.54) is 4.31 Å². The van der Waals surface area contributed by atoms with Gasteiger partial charge in [-0.15, -0.1) is 0 Å². The van der Waals surface area contributed by atoms with Crippen molar-refractivity contribution in [1.82, 2.24) is 5.32 Å². The Hall–Kier alpha value is -2.45. The van der Waals surface area contributed by atoms with Gasteiger partial charge in [0, 0.05) is 13.0 Å². The topological polar surface area (TPSA) is 84.9 Å². The lowest BCUT2D eigenvalue weighted by Gasteiger charge is -2.23. The third kappa shape index (κ3) is 7.47. The van der Waals surface area contributed by atoms with E-state index >= 15 is 0 Å². The first-order valence-electron chi connectivity index (χ1n) is 9.07. The van der Waals surface area contributed by atoms with Gasteiger partial charge in [0.15, 0.2) is 0 Å². The molecule has 0 saturated carbocycles. The van der Waals surface area contributed by atoms with E-state index in [4.69, 9.17) is 21.1 Å². The summed E-state index contributed by atoms with van der Waals surface area (Å²) in [6.07, 6.45) is 1.68. The highest BCUT2D eigenvalue weighted by molar-refractivity contribution is 7.92. The first-order chi connectivity index (χ1) is 13.8. The highest BCUT2D eigenvalue weighted by Gasteiger charge is 2.19. The Bertz CT molecular complexity index is 903. The number of ether oxygens (including phenoxy) is 2. The maximum Gasteiger partial charge on any atom is 0.232 e. The van der Waals surface area contributed by atoms with Crippen LogP contribution in [0.5, 0.6) is 11.5 Å². The molecule has 0 atom stereocenters. The van der Waals surface area contributed by atoms with Crippen LogP contribution in [0, 0.1) is 0 Å². The average molecular weight is 441 g/mol. The second-order valence-corrected chi connectivity index (χ2v) is 8.58. The van der Waals surface area contributed by atoms with Gasteiger partial charge in [-0.05, 0) is 42.8 Å². The Labute approximate surface area is 176 Å². The van der Waals surface area contributed by atoms with Crippen molar-refractivity contribution in [2.45, 2.75) is 12.8 Å². The smallest absolute Gasteiger partial charge is 0.232 e. The van der Waals surface area contributed by atoms with E-state index in [1.807, 2.05) is 0 Å². The first kappa shape index (κ1) is 22.8. The second kappa shape index (κ2) is 10.9. The first-order valence-corrected chi connectivity index (χ1v) is 11.3. The molecular weight excluding hydrogens is 416 g/mol. The number of hydrogen-bond acceptors (Lipinski definition) is 5. The van der Waals surface area contributed by atoms with Crippen LogP contribution in [0.1, 0.15) is 12.8 Å². The van der Waals surface area contributed by atoms with Gasteiger partial charge in [-0.2, -0.15) is 0 Å². The number of amides is 1. The molecule has 7 nitrogen and oxygen atoms in total. The van der Waals surface area contributed by atoms with E-state index in [9.17, 15) is 13.2 Å². The maximum atomic E-state index is 12.1. The number of nitrogens with zero attached hydrogens (tertiary/aromatic N) is 1. The molecular formula is C20H25ClN2O5S. The third-order valence-corrected chi connectivity index (χ3v) is 5.54. The van der Waals surface area contributed by atoms with Gasteiger partial charge < -0.3 is 14.8 Å². The molecule has 1 N–H and O–H groups in total. The van der Waals surface area contributed by atoms with Crippen LogP contribution < -0.4 is 19.1 Å². The summed E-state index contributed by atoms with van der Waals surface area (Å²) in [6.45, 7) is 0.844. The van der Waals surface area contributed by atoms with E-state index < -0.39 is 10.0 Å². The van der Waals surface area contributed by atoms with Gasteiger partial charge in [0.1, 0.15) is 18.1 Å². The lowest BCUT2D eigenvalue weighted by molar-refractivity contribution is -0.121. The Morgan fingerprint density at radius 3 is 2.38 bits per heavy atom. The van der Waals surface area contributed by atoms with Crippen molar-refractivity contribution >= 4 is 33.2 Å². The predicted octanol–water partition coefficient (Wildman–Crippen LogP) is 3.09. The van der Waals surface area contributed by atoms with Crippen molar-refractivity contribution in [1.29, 1.82) is 0 Å². The van der Waals surface area contributed by atoms with Crippen molar-refractivity contribution < 1.29 is 22.7 Å². The number of carbonyl (C=O) groups is 1. The summed E-state index contributed by atoms with van der Waals surface area (Å²) in [7, 11) is -1.91. The molecule has 0 spiro atoms. The van der Waals surface area contributed by atoms with Crippen molar-refractivity contribution in [3.8, 4) is 11.5 Å². The number of methoxy groups -OCH3 is 1. The molecule has 2 aromatic carbocycles. The van der Waals surface area contributed by atoms with Crippen molar-refractivity contribution in [3.63, 3.8) is 0 Å². The summed E-state index contributed by atoms with van der Waals surface area (Å²) in [4.78, 5) is 12.0. The van der Waals surface area contributed by atoms with Gasteiger partial charge in [0.25, 0.3) is 0 Å². The van der Waals surface area contributed by atoms with Gasteiger partial charge in [0.2, 0.25) is 15.9 Å². The molecule has 0 saturated heterocycles. The fraction of sp³-hybridized carbons (Fsp3) is 0.350. The summed E-state index contributed by atoms with van der Waals surface area (Å²) in [5.41, 5.74) is 0.407. The monoisotopic (exact) mass is 440 g/mol. The van der Waals surface area contributed by atoms with Crippen LogP contribution in [0.3, 0.4) is 0 Å². The fourth-order valence-electron chi connectivity index (χ4n) is 2.62. The highest BCUT2D eigenvalue weighted by Crippen LogP contribution is 2.27. The minimum atomic E-state index is -3.51. The summed E-state index contributed by atoms with van der Waals surface area (Å²) in [6, 6.07) is 13.9. The van der Waals surface area contributed by atoms with Crippen LogP contribution in [0.25, 0.3) is 0 Å². The molecule has 0 aliphatic heterocycles. The molecule has 0 aliphatic carbocycles. The van der Waals surface area contributed by atoms with Crippen LogP contribution in [0.4, 0.5) is 5.69 Å². The van der Waals surface area contributed by atoms with Crippen molar-refractivity contribution in [3.05, 3.63) is 53.6 Å². The molecule has 0 fully saturated rings. The van der Waals surface area contributed by atoms with E-state index in [0.29, 0.717) is 36.0 Å². The maximum absolute atomic E-state index is 12.1. The van der Waals surface area contributed by atoms with Crippen LogP contribution in [-0.4, -0.2) is 47.4 Å². The summed E-state index contributed by atoms with van der Waals surface area (Å²) >= 11 is 6.11. The average Bonchev–Trinajstić information content (AvgIpc) is 2.69. The largest absolute Gasteiger partial charge is 0.497 e. The zero-order valence-corrected chi connectivity index (χ0v) is 18.0. The van der Waals surface area contributed by atoms with Crippen molar-refractivity contribution in [2.24, 2.45) is 0 Å². The van der Waals surface area contributed by atoms with E-state index in [2.05, 4.69) is 5.32 Å². The number of nitrogens with one attached hydrogen (secondary N) is 1. The Morgan fingerprint density at radius 2 is 1.76 bits per heavy atom. The number of anilines is 1. The lowest BCUT2D eigenvalue weighted by atomic mass is 10.2. The van der Waals surface area contributed by atoms with Crippen LogP contribution in [-0.2, 0) is 14.8 Å². The molecule has 0 heterocycles. The quantitative estimate of drug-likeness (QED) is 0.543. The molecule has 1 amide bonds. The van der Waals surface area contributed by atoms with Crippen LogP contribution in [0.2, 0.25) is 5.02 Å². The third-order valence-electron chi connectivity index (χ3n) is 4.04. The minimum absolute atomic E-state index is 0.165. The Morgan fingerprint density at radius 1 is 1.10 bits per heavy atom. The minimum Gasteiger partial charge on any atom is -0.497 e. The van der Waals surface area contributed by atoms with E-state index in [-0.39, 0.29) is 18.9 Å². The highest BCUT2D eigenvalue weighted by atomic mass is 35.5. The summed E-state index contributed by atoms with van der Waals surface area (Å²) in [5.74, 6) is 1.25. The molecule has 2 rings (SSSR count). The number of carbonyl (C=O) groups excluding carboxylic acids is 1. The summed E-state index contributed by atoms with van der Waals surface area (Å²) < 4.78 is 36.0. The molecule has 9 heteroatoms. The molecule has 29 heavy (non-hydrogen) atoms. The van der Waals surface area contributed by atoms with Crippen LogP contribution in [0.15, 0.2) is 48.5 Å². The zero-order valence-electron chi connectivity index (χ0n) is 16.4. The van der Waals surface area contributed by atoms with E-state index in [0.717, 1.165) is 12.0 Å². The van der Waals surface area contributed by atoms with Gasteiger partial charge in [-0.3, -0.25) is 9.10 Å².